The summed E-state index contributed by atoms with van der Waals surface area (Å²) in [6.45, 7) is 0.960. The number of aryl methyl sites for hydroxylation is 1. The molecule has 0 spiro atoms. The largest absolute Gasteiger partial charge is 0.273 e. The van der Waals surface area contributed by atoms with E-state index in [4.69, 9.17) is 0 Å². The molecular formula is C17H15BrN3O2S+. The van der Waals surface area contributed by atoms with Gasteiger partial charge in [0.05, 0.1) is 11.0 Å². The van der Waals surface area contributed by atoms with E-state index in [2.05, 4.69) is 16.7 Å². The van der Waals surface area contributed by atoms with Crippen LogP contribution in [0.25, 0.3) is 16.9 Å². The molecule has 1 aromatic heterocycles. The van der Waals surface area contributed by atoms with Crippen LogP contribution in [-0.4, -0.2) is 15.2 Å². The highest BCUT2D eigenvalue weighted by Gasteiger charge is 2.30. The molecule has 0 aliphatic carbocycles. The van der Waals surface area contributed by atoms with E-state index < -0.39 is 0 Å². The van der Waals surface area contributed by atoms with Crippen LogP contribution in [0.1, 0.15) is 0 Å². The second-order valence-corrected chi connectivity index (χ2v) is 6.41. The number of halogens is 1. The average Bonchev–Trinajstić information content (AvgIpc) is 3.16. The fourth-order valence-corrected chi connectivity index (χ4v) is 3.99. The highest BCUT2D eigenvalue weighted by Crippen LogP contribution is 2.34. The van der Waals surface area contributed by atoms with Crippen molar-refractivity contribution in [3.8, 4) is 16.9 Å². The summed E-state index contributed by atoms with van der Waals surface area (Å²) in [5, 5.41) is 12.3. The molecule has 5 nitrogen and oxygen atoms in total. The maximum Gasteiger partial charge on any atom is 0.273 e. The molecule has 0 bridgehead atoms. The van der Waals surface area contributed by atoms with Crippen molar-refractivity contribution in [3.05, 3.63) is 71.0 Å². The van der Waals surface area contributed by atoms with Gasteiger partial charge in [0.25, 0.3) is 5.69 Å². The third-order valence-electron chi connectivity index (χ3n) is 3.90. The number of nitro groups is 1. The first kappa shape index (κ1) is 16.7. The number of thioether (sulfide) groups is 1. The zero-order valence-corrected chi connectivity index (χ0v) is 15.2. The molecule has 0 saturated carbocycles. The SMILES string of the molecule is Br.O=[N+]([O-])c1cccc(-n2c[n+]3c(c2-c2ccccc2)SCC3)c1. The molecule has 0 amide bonds. The molecule has 4 rings (SSSR count). The fraction of sp³-hybridized carbons (Fsp3) is 0.118. The van der Waals surface area contributed by atoms with Crippen molar-refractivity contribution in [2.24, 2.45) is 0 Å². The highest BCUT2D eigenvalue weighted by molar-refractivity contribution is 8.93. The Labute approximate surface area is 153 Å². The summed E-state index contributed by atoms with van der Waals surface area (Å²) >= 11 is 1.82. The van der Waals surface area contributed by atoms with Gasteiger partial charge in [-0.15, -0.1) is 17.0 Å². The Kier molecular flexibility index (Phi) is 4.73. The van der Waals surface area contributed by atoms with E-state index in [0.29, 0.717) is 0 Å². The Balaban J connectivity index is 0.00000169. The summed E-state index contributed by atoms with van der Waals surface area (Å²) in [6, 6.07) is 16.9. The van der Waals surface area contributed by atoms with Crippen LogP contribution in [-0.2, 0) is 6.54 Å². The van der Waals surface area contributed by atoms with E-state index >= 15 is 0 Å². The number of fused-ring (bicyclic) bond motifs is 1. The van der Waals surface area contributed by atoms with Gasteiger partial charge in [-0.1, -0.05) is 48.2 Å². The van der Waals surface area contributed by atoms with Crippen LogP contribution in [0.5, 0.6) is 0 Å². The molecule has 122 valence electrons. The average molecular weight is 405 g/mol. The molecule has 0 fully saturated rings. The van der Waals surface area contributed by atoms with Gasteiger partial charge in [0.15, 0.2) is 5.69 Å². The van der Waals surface area contributed by atoms with E-state index in [1.807, 2.05) is 46.9 Å². The molecule has 0 saturated heterocycles. The lowest BCUT2D eigenvalue weighted by molar-refractivity contribution is -0.721. The predicted octanol–water partition coefficient (Wildman–Crippen LogP) is 4.02. The maximum atomic E-state index is 11.1. The standard InChI is InChI=1S/C17H14N3O2S.BrH/c21-20(22)15-8-4-7-14(11-15)19-12-18-9-10-23-17(18)16(19)13-5-2-1-3-6-13;/h1-8,11-12H,9-10H2;1H/q+1;. The van der Waals surface area contributed by atoms with Crippen molar-refractivity contribution in [3.63, 3.8) is 0 Å². The molecule has 0 radical (unpaired) electrons. The van der Waals surface area contributed by atoms with Gasteiger partial charge in [0, 0.05) is 17.4 Å². The Morgan fingerprint density at radius 1 is 1.12 bits per heavy atom. The molecule has 3 aromatic rings. The van der Waals surface area contributed by atoms with Gasteiger partial charge >= 0.3 is 0 Å². The highest BCUT2D eigenvalue weighted by atomic mass is 79.9. The second-order valence-electron chi connectivity index (χ2n) is 5.32. The summed E-state index contributed by atoms with van der Waals surface area (Å²) in [4.78, 5) is 10.7. The van der Waals surface area contributed by atoms with Gasteiger partial charge < -0.3 is 0 Å². The molecule has 7 heteroatoms. The Morgan fingerprint density at radius 3 is 2.67 bits per heavy atom. The molecule has 0 atom stereocenters. The smallest absolute Gasteiger partial charge is 0.258 e. The molecule has 1 aliphatic rings. The van der Waals surface area contributed by atoms with Crippen molar-refractivity contribution in [2.45, 2.75) is 11.6 Å². The minimum Gasteiger partial charge on any atom is -0.258 e. The first-order valence-corrected chi connectivity index (χ1v) is 8.30. The summed E-state index contributed by atoms with van der Waals surface area (Å²) in [7, 11) is 0. The third kappa shape index (κ3) is 2.85. The first-order valence-electron chi connectivity index (χ1n) is 7.32. The van der Waals surface area contributed by atoms with Crippen molar-refractivity contribution < 1.29 is 9.49 Å². The van der Waals surface area contributed by atoms with Gasteiger partial charge in [-0.25, -0.2) is 4.57 Å². The first-order chi connectivity index (χ1) is 11.2. The number of rotatable bonds is 3. The van der Waals surface area contributed by atoms with Crippen molar-refractivity contribution in [1.29, 1.82) is 0 Å². The van der Waals surface area contributed by atoms with Gasteiger partial charge in [-0.2, -0.15) is 4.57 Å². The summed E-state index contributed by atoms with van der Waals surface area (Å²) in [5.41, 5.74) is 3.12. The van der Waals surface area contributed by atoms with Crippen LogP contribution in [0.2, 0.25) is 0 Å². The summed E-state index contributed by atoms with van der Waals surface area (Å²) < 4.78 is 4.26. The summed E-state index contributed by atoms with van der Waals surface area (Å²) in [5.74, 6) is 1.06. The van der Waals surface area contributed by atoms with E-state index in [1.165, 1.54) is 11.1 Å². The lowest BCUT2D eigenvalue weighted by Crippen LogP contribution is -2.30. The fourth-order valence-electron chi connectivity index (χ4n) is 2.85. The lowest BCUT2D eigenvalue weighted by Gasteiger charge is -2.03. The number of aromatic nitrogens is 2. The summed E-state index contributed by atoms with van der Waals surface area (Å²) in [6.07, 6.45) is 2.04. The van der Waals surface area contributed by atoms with Crippen LogP contribution >= 0.6 is 28.7 Å². The molecule has 1 aliphatic heterocycles. The predicted molar refractivity (Wildman–Crippen MR) is 99.1 cm³/mol. The molecule has 2 aromatic carbocycles. The number of hydrogen-bond acceptors (Lipinski definition) is 3. The Bertz CT molecular complexity index is 896. The van der Waals surface area contributed by atoms with Crippen molar-refractivity contribution >= 4 is 34.4 Å². The van der Waals surface area contributed by atoms with Crippen molar-refractivity contribution in [2.75, 3.05) is 5.75 Å². The monoisotopic (exact) mass is 404 g/mol. The topological polar surface area (TPSA) is 52.0 Å². The number of hydrogen-bond donors (Lipinski definition) is 0. The minimum atomic E-state index is -0.356. The number of non-ortho nitro benzene ring substituents is 1. The molecule has 2 heterocycles. The minimum absolute atomic E-state index is 0. The molecule has 24 heavy (non-hydrogen) atoms. The van der Waals surface area contributed by atoms with E-state index in [1.54, 1.807) is 12.1 Å². The zero-order chi connectivity index (χ0) is 15.8. The quantitative estimate of drug-likeness (QED) is 0.376. The number of benzene rings is 2. The molecular weight excluding hydrogens is 390 g/mol. The maximum absolute atomic E-state index is 11.1. The lowest BCUT2D eigenvalue weighted by atomic mass is 10.1. The van der Waals surface area contributed by atoms with Crippen LogP contribution < -0.4 is 4.57 Å². The van der Waals surface area contributed by atoms with Gasteiger partial charge in [-0.05, 0) is 6.07 Å². The van der Waals surface area contributed by atoms with Gasteiger partial charge in [0.2, 0.25) is 11.4 Å². The number of nitrogens with zero attached hydrogens (tertiary/aromatic N) is 3. The number of imidazole rings is 1. The zero-order valence-electron chi connectivity index (χ0n) is 12.7. The van der Waals surface area contributed by atoms with Gasteiger partial charge in [0.1, 0.15) is 12.2 Å². The van der Waals surface area contributed by atoms with Crippen LogP contribution in [0.15, 0.2) is 66.0 Å². The molecule has 0 N–H and O–H groups in total. The van der Waals surface area contributed by atoms with Gasteiger partial charge in [-0.3, -0.25) is 10.1 Å². The van der Waals surface area contributed by atoms with Crippen LogP contribution in [0.3, 0.4) is 0 Å². The normalized spacial score (nSPS) is 12.5. The second kappa shape index (κ2) is 6.78. The number of nitro benzene ring substituents is 1. The van der Waals surface area contributed by atoms with Crippen LogP contribution in [0, 0.1) is 10.1 Å². The van der Waals surface area contributed by atoms with Crippen LogP contribution in [0.4, 0.5) is 5.69 Å². The molecule has 0 unspecified atom stereocenters. The van der Waals surface area contributed by atoms with E-state index in [0.717, 1.165) is 29.2 Å². The van der Waals surface area contributed by atoms with Crippen molar-refractivity contribution in [1.82, 2.24) is 4.57 Å². The van der Waals surface area contributed by atoms with E-state index in [9.17, 15) is 10.1 Å². The van der Waals surface area contributed by atoms with E-state index in [-0.39, 0.29) is 27.6 Å². The Morgan fingerprint density at radius 2 is 1.92 bits per heavy atom. The third-order valence-corrected chi connectivity index (χ3v) is 4.98. The Hall–Kier alpha value is -2.12.